The normalized spacial score (nSPS) is 44.1. The van der Waals surface area contributed by atoms with Crippen LogP contribution >= 0.6 is 0 Å². The fraction of sp³-hybridized carbons (Fsp3) is 0.730. The van der Waals surface area contributed by atoms with Crippen molar-refractivity contribution in [2.45, 2.75) is 112 Å². The molecule has 242 valence electrons. The summed E-state index contributed by atoms with van der Waals surface area (Å²) in [5, 5.41) is 42.0. The van der Waals surface area contributed by atoms with Crippen LogP contribution < -0.4 is 0 Å². The van der Waals surface area contributed by atoms with Crippen LogP contribution in [0, 0.1) is 56.7 Å². The highest BCUT2D eigenvalue weighted by atomic mass is 16.6. The van der Waals surface area contributed by atoms with E-state index in [0.717, 1.165) is 44.9 Å². The SMILES string of the molecule is CC(C)C1CCC2(C(=O)O)CCC3(C)C(=CCC4C5(C)CC(O)C(OC(=O)c6ccc(O)c(O)c6)C(C)(C)C5CCC43C)C12. The average molecular weight is 609 g/mol. The molecule has 0 heterocycles. The molecule has 10 atom stereocenters. The van der Waals surface area contributed by atoms with Crippen LogP contribution in [0.15, 0.2) is 29.8 Å². The Morgan fingerprint density at radius 3 is 2.27 bits per heavy atom. The van der Waals surface area contributed by atoms with Crippen LogP contribution in [0.3, 0.4) is 0 Å². The molecule has 0 radical (unpaired) electrons. The van der Waals surface area contributed by atoms with Crippen molar-refractivity contribution in [1.29, 1.82) is 0 Å². The van der Waals surface area contributed by atoms with E-state index in [9.17, 15) is 30.0 Å². The second-order valence-corrected chi connectivity index (χ2v) is 16.8. The Morgan fingerprint density at radius 2 is 1.64 bits per heavy atom. The highest BCUT2D eigenvalue weighted by Crippen LogP contribution is 2.76. The highest BCUT2D eigenvalue weighted by Gasteiger charge is 2.71. The van der Waals surface area contributed by atoms with Gasteiger partial charge in [-0.15, -0.1) is 0 Å². The molecule has 0 saturated heterocycles. The van der Waals surface area contributed by atoms with Crippen molar-refractivity contribution >= 4 is 11.9 Å². The highest BCUT2D eigenvalue weighted by molar-refractivity contribution is 5.90. The number of aromatic hydroxyl groups is 2. The molecule has 7 nitrogen and oxygen atoms in total. The number of rotatable bonds is 4. The van der Waals surface area contributed by atoms with Crippen molar-refractivity contribution < 1.29 is 34.8 Å². The summed E-state index contributed by atoms with van der Waals surface area (Å²) >= 11 is 0. The monoisotopic (exact) mass is 608 g/mol. The molecule has 0 amide bonds. The minimum Gasteiger partial charge on any atom is -0.504 e. The van der Waals surface area contributed by atoms with Gasteiger partial charge >= 0.3 is 11.9 Å². The van der Waals surface area contributed by atoms with Crippen molar-refractivity contribution in [2.24, 2.45) is 56.7 Å². The number of esters is 1. The largest absolute Gasteiger partial charge is 0.504 e. The molecule has 1 aromatic rings. The summed E-state index contributed by atoms with van der Waals surface area (Å²) in [5.74, 6) is -0.529. The number of benzene rings is 1. The maximum atomic E-state index is 13.2. The number of phenols is 2. The van der Waals surface area contributed by atoms with Crippen molar-refractivity contribution in [3.63, 3.8) is 0 Å². The van der Waals surface area contributed by atoms with Gasteiger partial charge < -0.3 is 25.2 Å². The summed E-state index contributed by atoms with van der Waals surface area (Å²) in [4.78, 5) is 26.1. The van der Waals surface area contributed by atoms with E-state index in [1.54, 1.807) is 0 Å². The summed E-state index contributed by atoms with van der Waals surface area (Å²) in [6.07, 6.45) is 7.60. The number of aliphatic carboxylic acids is 1. The van der Waals surface area contributed by atoms with Gasteiger partial charge in [0, 0.05) is 5.41 Å². The van der Waals surface area contributed by atoms with E-state index in [1.165, 1.54) is 23.8 Å². The Hall–Kier alpha value is -2.54. The van der Waals surface area contributed by atoms with E-state index in [2.05, 4.69) is 54.5 Å². The van der Waals surface area contributed by atoms with Crippen molar-refractivity contribution in [3.05, 3.63) is 35.4 Å². The fourth-order valence-corrected chi connectivity index (χ4v) is 12.1. The van der Waals surface area contributed by atoms with E-state index < -0.39 is 35.0 Å². The van der Waals surface area contributed by atoms with Crippen molar-refractivity contribution in [1.82, 2.24) is 0 Å². The Morgan fingerprint density at radius 1 is 0.932 bits per heavy atom. The van der Waals surface area contributed by atoms with Gasteiger partial charge in [-0.25, -0.2) is 4.79 Å². The lowest BCUT2D eigenvalue weighted by molar-refractivity contribution is -0.230. The molecule has 1 aromatic carbocycles. The standard InChI is InChI=1S/C37H52O7/c1-20(2)22-12-15-37(32(42)43)17-16-35(6)23(29(22)37)9-11-28-34(5)19-26(40)30(33(3,4)27(34)13-14-36(28,35)7)44-31(41)21-8-10-24(38)25(39)18-21/h8-10,18,20,22,26-30,38-40H,11-17,19H2,1-7H3,(H,42,43). The molecule has 5 aliphatic rings. The molecule has 4 N–H and O–H groups in total. The van der Waals surface area contributed by atoms with E-state index in [-0.39, 0.29) is 45.1 Å². The summed E-state index contributed by atoms with van der Waals surface area (Å²) < 4.78 is 6.03. The van der Waals surface area contributed by atoms with Gasteiger partial charge in [-0.1, -0.05) is 60.1 Å². The molecule has 4 fully saturated rings. The number of aliphatic hydroxyl groups is 1. The zero-order valence-electron chi connectivity index (χ0n) is 27.5. The number of allylic oxidation sites excluding steroid dienone is 2. The van der Waals surface area contributed by atoms with Crippen LogP contribution in [0.5, 0.6) is 11.5 Å². The number of carboxylic acids is 1. The number of ether oxygens (including phenoxy) is 1. The summed E-state index contributed by atoms with van der Waals surface area (Å²) in [7, 11) is 0. The van der Waals surface area contributed by atoms with Crippen molar-refractivity contribution in [3.8, 4) is 11.5 Å². The van der Waals surface area contributed by atoms with Crippen LogP contribution in [-0.4, -0.2) is 44.6 Å². The molecule has 0 bridgehead atoms. The first-order chi connectivity index (χ1) is 20.4. The fourth-order valence-electron chi connectivity index (χ4n) is 12.1. The summed E-state index contributed by atoms with van der Waals surface area (Å²) in [6, 6.07) is 3.87. The smallest absolute Gasteiger partial charge is 0.338 e. The maximum absolute atomic E-state index is 13.2. The molecule has 0 aromatic heterocycles. The minimum atomic E-state index is -0.854. The van der Waals surface area contributed by atoms with Gasteiger partial charge in [0.15, 0.2) is 11.5 Å². The molecule has 0 aliphatic heterocycles. The van der Waals surface area contributed by atoms with Gasteiger partial charge in [0.05, 0.1) is 17.1 Å². The van der Waals surface area contributed by atoms with Crippen LogP contribution in [0.2, 0.25) is 0 Å². The maximum Gasteiger partial charge on any atom is 0.338 e. The van der Waals surface area contributed by atoms with E-state index in [0.29, 0.717) is 24.2 Å². The van der Waals surface area contributed by atoms with Crippen LogP contribution in [0.1, 0.15) is 110 Å². The van der Waals surface area contributed by atoms with E-state index >= 15 is 0 Å². The lowest BCUT2D eigenvalue weighted by atomic mass is 9.34. The molecule has 5 aliphatic carbocycles. The van der Waals surface area contributed by atoms with E-state index in [4.69, 9.17) is 4.74 Å². The zero-order valence-corrected chi connectivity index (χ0v) is 27.5. The number of carbonyl (C=O) groups is 2. The third kappa shape index (κ3) is 4.02. The predicted octanol–water partition coefficient (Wildman–Crippen LogP) is 7.34. The number of carboxylic acid groups (broad SMARTS) is 1. The Balaban J connectivity index is 1.34. The molecule has 10 unspecified atom stereocenters. The van der Waals surface area contributed by atoms with Crippen LogP contribution in [0.4, 0.5) is 0 Å². The van der Waals surface area contributed by atoms with Crippen LogP contribution in [-0.2, 0) is 9.53 Å². The Bertz CT molecular complexity index is 1400. The molecular weight excluding hydrogens is 556 g/mol. The Kier molecular flexibility index (Phi) is 7.13. The zero-order chi connectivity index (χ0) is 32.2. The number of phenolic OH excluding ortho intramolecular Hbond substituents is 2. The third-order valence-corrected chi connectivity index (χ3v) is 14.5. The van der Waals surface area contributed by atoms with Gasteiger partial charge in [-0.3, -0.25) is 4.79 Å². The average Bonchev–Trinajstić information content (AvgIpc) is 3.34. The number of fused-ring (bicyclic) bond motifs is 7. The second-order valence-electron chi connectivity index (χ2n) is 16.8. The number of hydrogen-bond acceptors (Lipinski definition) is 6. The summed E-state index contributed by atoms with van der Waals surface area (Å²) in [6.45, 7) is 16.0. The first-order valence-electron chi connectivity index (χ1n) is 16.8. The third-order valence-electron chi connectivity index (χ3n) is 14.5. The van der Waals surface area contributed by atoms with Crippen molar-refractivity contribution in [2.75, 3.05) is 0 Å². The minimum absolute atomic E-state index is 0.0417. The van der Waals surface area contributed by atoms with Gasteiger partial charge in [0.2, 0.25) is 0 Å². The van der Waals surface area contributed by atoms with Gasteiger partial charge in [0.1, 0.15) is 6.10 Å². The molecule has 6 rings (SSSR count). The predicted molar refractivity (Wildman–Crippen MR) is 167 cm³/mol. The second kappa shape index (κ2) is 9.98. The molecular formula is C37H52O7. The lowest BCUT2D eigenvalue weighted by Crippen LogP contribution is -2.67. The number of hydrogen-bond donors (Lipinski definition) is 4. The summed E-state index contributed by atoms with van der Waals surface area (Å²) in [5.41, 5.74) is 0.0278. The lowest BCUT2D eigenvalue weighted by Gasteiger charge is -2.71. The molecule has 7 heteroatoms. The first-order valence-corrected chi connectivity index (χ1v) is 16.8. The van der Waals surface area contributed by atoms with Gasteiger partial charge in [-0.2, -0.15) is 0 Å². The van der Waals surface area contributed by atoms with Gasteiger partial charge in [-0.05, 0) is 115 Å². The molecule has 4 saturated carbocycles. The molecule has 44 heavy (non-hydrogen) atoms. The number of aliphatic hydroxyl groups excluding tert-OH is 1. The molecule has 0 spiro atoms. The first kappa shape index (κ1) is 31.4. The quantitative estimate of drug-likeness (QED) is 0.160. The van der Waals surface area contributed by atoms with Crippen LogP contribution in [0.25, 0.3) is 0 Å². The van der Waals surface area contributed by atoms with E-state index in [1.807, 2.05) is 0 Å². The topological polar surface area (TPSA) is 124 Å². The van der Waals surface area contributed by atoms with Gasteiger partial charge in [0.25, 0.3) is 0 Å². The Labute approximate surface area is 262 Å². The number of carbonyl (C=O) groups excluding carboxylic acids is 1.